The fourth-order valence-electron chi connectivity index (χ4n) is 3.80. The van der Waals surface area contributed by atoms with Crippen molar-refractivity contribution < 1.29 is 13.9 Å². The minimum atomic E-state index is -0.748. The number of Topliss-reactive ketones (excluding diaryl/α,β-unsaturated/α-hetero) is 1. The second kappa shape index (κ2) is 8.53. The van der Waals surface area contributed by atoms with Gasteiger partial charge < -0.3 is 9.64 Å². The average Bonchev–Trinajstić information content (AvgIpc) is 2.95. The Bertz CT molecular complexity index is 851. The van der Waals surface area contributed by atoms with Crippen LogP contribution in [0, 0.1) is 0 Å². The number of hydrogen-bond acceptors (Lipinski definition) is 5. The summed E-state index contributed by atoms with van der Waals surface area (Å²) in [5.74, 6) is 0.775. The first-order chi connectivity index (χ1) is 13.6. The van der Waals surface area contributed by atoms with Crippen molar-refractivity contribution in [2.45, 2.75) is 38.3 Å². The van der Waals surface area contributed by atoms with Gasteiger partial charge in [-0.2, -0.15) is 0 Å². The fraction of sp³-hybridized carbons (Fsp3) is 0.476. The Kier molecular flexibility index (Phi) is 5.87. The van der Waals surface area contributed by atoms with Crippen LogP contribution in [0.3, 0.4) is 0 Å². The van der Waals surface area contributed by atoms with Crippen LogP contribution in [0.15, 0.2) is 24.4 Å². The lowest BCUT2D eigenvalue weighted by molar-refractivity contribution is 0.0990. The number of fused-ring (bicyclic) bond motifs is 1. The number of nitrogens with zero attached hydrogens (tertiary/aromatic N) is 3. The Morgan fingerprint density at radius 1 is 1.25 bits per heavy atom. The number of aromatic nitrogens is 2. The number of rotatable bonds is 4. The molecule has 2 aromatic rings. The molecule has 0 atom stereocenters. The third-order valence-corrected chi connectivity index (χ3v) is 5.58. The molecule has 0 aromatic carbocycles. The van der Waals surface area contributed by atoms with Gasteiger partial charge in [-0.05, 0) is 43.0 Å². The summed E-state index contributed by atoms with van der Waals surface area (Å²) in [4.78, 5) is 24.3. The molecule has 4 heterocycles. The molecule has 2 aliphatic heterocycles. The Hall–Kier alpha value is -2.05. The molecule has 0 bridgehead atoms. The predicted molar refractivity (Wildman–Crippen MR) is 106 cm³/mol. The molecule has 0 spiro atoms. The molecular formula is C21H23ClFN3O2. The summed E-state index contributed by atoms with van der Waals surface area (Å²) in [6, 6.07) is 5.39. The van der Waals surface area contributed by atoms with Gasteiger partial charge in [-0.1, -0.05) is 11.6 Å². The zero-order valence-corrected chi connectivity index (χ0v) is 16.4. The standard InChI is InChI=1S/C21H23ClFN3O2/c22-14-1-2-16(24-13-14)11-20(27)18-12-21(26-7-3-15(23)4-8-26)25-19-6-10-28-9-5-17(18)19/h1-2,12-13,15H,3-11H2. The summed E-state index contributed by atoms with van der Waals surface area (Å²) < 4.78 is 19.1. The molecule has 28 heavy (non-hydrogen) atoms. The third-order valence-electron chi connectivity index (χ3n) is 5.36. The van der Waals surface area contributed by atoms with E-state index in [2.05, 4.69) is 9.88 Å². The van der Waals surface area contributed by atoms with Crippen molar-refractivity contribution in [3.05, 3.63) is 51.9 Å². The van der Waals surface area contributed by atoms with Gasteiger partial charge in [0.25, 0.3) is 0 Å². The van der Waals surface area contributed by atoms with E-state index in [4.69, 9.17) is 21.3 Å². The molecule has 2 aliphatic rings. The van der Waals surface area contributed by atoms with Crippen LogP contribution in [-0.2, 0) is 24.0 Å². The number of hydrogen-bond donors (Lipinski definition) is 0. The van der Waals surface area contributed by atoms with Gasteiger partial charge in [0.2, 0.25) is 0 Å². The fourth-order valence-corrected chi connectivity index (χ4v) is 3.91. The number of piperidine rings is 1. The minimum absolute atomic E-state index is 0.0111. The molecule has 0 amide bonds. The van der Waals surface area contributed by atoms with E-state index in [9.17, 15) is 9.18 Å². The maximum atomic E-state index is 13.5. The van der Waals surface area contributed by atoms with Crippen molar-refractivity contribution >= 4 is 23.2 Å². The number of anilines is 1. The number of alkyl halides is 1. The Balaban J connectivity index is 1.66. The van der Waals surface area contributed by atoms with Crippen molar-refractivity contribution in [2.24, 2.45) is 0 Å². The SMILES string of the molecule is O=C(Cc1ccc(Cl)cn1)c1cc(N2CCC(F)CC2)nc2c1CCOCC2. The van der Waals surface area contributed by atoms with Crippen molar-refractivity contribution in [1.29, 1.82) is 0 Å². The zero-order valence-electron chi connectivity index (χ0n) is 15.7. The van der Waals surface area contributed by atoms with Crippen LogP contribution in [0.25, 0.3) is 0 Å². The highest BCUT2D eigenvalue weighted by Gasteiger charge is 2.25. The van der Waals surface area contributed by atoms with E-state index in [1.54, 1.807) is 18.3 Å². The van der Waals surface area contributed by atoms with Crippen LogP contribution < -0.4 is 4.90 Å². The minimum Gasteiger partial charge on any atom is -0.381 e. The van der Waals surface area contributed by atoms with Gasteiger partial charge in [0, 0.05) is 42.7 Å². The van der Waals surface area contributed by atoms with E-state index in [1.165, 1.54) is 0 Å². The van der Waals surface area contributed by atoms with Crippen LogP contribution in [-0.4, -0.2) is 48.2 Å². The summed E-state index contributed by atoms with van der Waals surface area (Å²) in [6.45, 7) is 2.43. The first-order valence-corrected chi connectivity index (χ1v) is 10.1. The van der Waals surface area contributed by atoms with E-state index < -0.39 is 6.17 Å². The van der Waals surface area contributed by atoms with Crippen LogP contribution in [0.2, 0.25) is 5.02 Å². The number of pyridine rings is 2. The molecule has 2 aromatic heterocycles. The molecule has 148 valence electrons. The molecule has 4 rings (SSSR count). The number of ketones is 1. The summed E-state index contributed by atoms with van der Waals surface area (Å²) >= 11 is 5.89. The molecule has 7 heteroatoms. The topological polar surface area (TPSA) is 55.3 Å². The first kappa shape index (κ1) is 19.3. The summed E-state index contributed by atoms with van der Waals surface area (Å²) in [5, 5.41) is 0.546. The number of ether oxygens (including phenoxy) is 1. The summed E-state index contributed by atoms with van der Waals surface area (Å²) in [6.07, 6.45) is 3.37. The van der Waals surface area contributed by atoms with Crippen LogP contribution >= 0.6 is 11.6 Å². The highest BCUT2D eigenvalue weighted by molar-refractivity contribution is 6.30. The van der Waals surface area contributed by atoms with Gasteiger partial charge in [0.05, 0.1) is 24.7 Å². The summed E-state index contributed by atoms with van der Waals surface area (Å²) in [7, 11) is 0. The van der Waals surface area contributed by atoms with E-state index in [-0.39, 0.29) is 12.2 Å². The van der Waals surface area contributed by atoms with Crippen molar-refractivity contribution in [3.8, 4) is 0 Å². The number of carbonyl (C=O) groups excluding carboxylic acids is 1. The molecule has 0 aliphatic carbocycles. The molecule has 1 fully saturated rings. The van der Waals surface area contributed by atoms with Gasteiger partial charge in [0.15, 0.2) is 5.78 Å². The van der Waals surface area contributed by atoms with Crippen LogP contribution in [0.1, 0.15) is 40.2 Å². The van der Waals surface area contributed by atoms with Gasteiger partial charge in [-0.3, -0.25) is 9.78 Å². The lowest BCUT2D eigenvalue weighted by Crippen LogP contribution is -2.35. The smallest absolute Gasteiger partial charge is 0.169 e. The van der Waals surface area contributed by atoms with E-state index in [1.807, 2.05) is 6.07 Å². The van der Waals surface area contributed by atoms with Gasteiger partial charge >= 0.3 is 0 Å². The maximum absolute atomic E-state index is 13.5. The monoisotopic (exact) mass is 403 g/mol. The predicted octanol–water partition coefficient (Wildman–Crippen LogP) is 3.61. The zero-order chi connectivity index (χ0) is 19.5. The second-order valence-corrected chi connectivity index (χ2v) is 7.73. The number of carbonyl (C=O) groups is 1. The van der Waals surface area contributed by atoms with Crippen LogP contribution in [0.5, 0.6) is 0 Å². The highest BCUT2D eigenvalue weighted by atomic mass is 35.5. The Morgan fingerprint density at radius 2 is 2.04 bits per heavy atom. The van der Waals surface area contributed by atoms with Gasteiger partial charge in [-0.15, -0.1) is 0 Å². The summed E-state index contributed by atoms with van der Waals surface area (Å²) in [5.41, 5.74) is 3.26. The van der Waals surface area contributed by atoms with Crippen molar-refractivity contribution in [1.82, 2.24) is 9.97 Å². The molecule has 0 saturated carbocycles. The lowest BCUT2D eigenvalue weighted by Gasteiger charge is -2.30. The van der Waals surface area contributed by atoms with Gasteiger partial charge in [0.1, 0.15) is 12.0 Å². The molecule has 0 unspecified atom stereocenters. The molecule has 0 N–H and O–H groups in total. The van der Waals surface area contributed by atoms with E-state index in [0.717, 1.165) is 17.1 Å². The van der Waals surface area contributed by atoms with Crippen molar-refractivity contribution in [2.75, 3.05) is 31.2 Å². The second-order valence-electron chi connectivity index (χ2n) is 7.30. The third kappa shape index (κ3) is 4.33. The largest absolute Gasteiger partial charge is 0.381 e. The maximum Gasteiger partial charge on any atom is 0.169 e. The normalized spacial score (nSPS) is 17.9. The molecular weight excluding hydrogens is 381 g/mol. The van der Waals surface area contributed by atoms with E-state index in [0.29, 0.717) is 68.3 Å². The van der Waals surface area contributed by atoms with Crippen molar-refractivity contribution in [3.63, 3.8) is 0 Å². The number of halogens is 2. The molecule has 0 radical (unpaired) electrons. The van der Waals surface area contributed by atoms with E-state index >= 15 is 0 Å². The van der Waals surface area contributed by atoms with Gasteiger partial charge in [-0.25, -0.2) is 9.37 Å². The highest BCUT2D eigenvalue weighted by Crippen LogP contribution is 2.27. The molecule has 1 saturated heterocycles. The molecule has 5 nitrogen and oxygen atoms in total. The quantitative estimate of drug-likeness (QED) is 0.730. The first-order valence-electron chi connectivity index (χ1n) is 9.73. The average molecular weight is 404 g/mol. The Morgan fingerprint density at radius 3 is 2.79 bits per heavy atom. The Labute approximate surface area is 168 Å². The lowest BCUT2D eigenvalue weighted by atomic mass is 9.96. The van der Waals surface area contributed by atoms with Crippen LogP contribution in [0.4, 0.5) is 10.2 Å².